The molecule has 0 saturated heterocycles. The van der Waals surface area contributed by atoms with Crippen LogP contribution in [0.2, 0.25) is 0 Å². The van der Waals surface area contributed by atoms with Gasteiger partial charge in [0, 0.05) is 7.05 Å². The van der Waals surface area contributed by atoms with Gasteiger partial charge in [0.05, 0.1) is 9.88 Å². The highest BCUT2D eigenvalue weighted by molar-refractivity contribution is 7.47. The summed E-state index contributed by atoms with van der Waals surface area (Å²) in [4.78, 5) is 11.1. The van der Waals surface area contributed by atoms with Gasteiger partial charge in [0.25, 0.3) is 0 Å². The lowest BCUT2D eigenvalue weighted by Gasteiger charge is -1.82. The monoisotopic (exact) mass is 187 g/mol. The minimum atomic E-state index is 0.0690. The van der Waals surface area contributed by atoms with Crippen molar-refractivity contribution >= 4 is 32.3 Å². The van der Waals surface area contributed by atoms with Crippen LogP contribution >= 0.6 is 19.9 Å². The Bertz CT molecular complexity index is 403. The fourth-order valence-electron chi connectivity index (χ4n) is 0.741. The van der Waals surface area contributed by atoms with Crippen LogP contribution in [0.5, 0.6) is 0 Å². The maximum Gasteiger partial charge on any atom is 0.307 e. The van der Waals surface area contributed by atoms with Crippen molar-refractivity contribution in [2.45, 2.75) is 0 Å². The molecule has 11 heavy (non-hydrogen) atoms. The van der Waals surface area contributed by atoms with Crippen molar-refractivity contribution in [3.8, 4) is 0 Å². The zero-order chi connectivity index (χ0) is 8.43. The zero-order valence-electron chi connectivity index (χ0n) is 6.55. The third-order valence-electron chi connectivity index (χ3n) is 1.44. The molecule has 1 unspecified atom stereocenters. The van der Waals surface area contributed by atoms with Crippen molar-refractivity contribution in [1.29, 1.82) is 0 Å². The standard InChI is InChI=1S/C7H10NOPS/c1-5-6(4-10-3)11-7(9)8(5)2/h4,10H,1H2,2-3H3/b6-4-. The summed E-state index contributed by atoms with van der Waals surface area (Å²) in [7, 11) is 2.48. The molecule has 0 amide bonds. The Kier molecular flexibility index (Phi) is 2.63. The lowest BCUT2D eigenvalue weighted by molar-refractivity contribution is 0.861. The molecule has 1 rings (SSSR count). The number of rotatable bonds is 1. The number of nitrogens with zero attached hydrogens (tertiary/aromatic N) is 1. The molecule has 0 aliphatic carbocycles. The van der Waals surface area contributed by atoms with Gasteiger partial charge in [-0.2, -0.15) is 0 Å². The SMILES string of the molecule is C=c1/c(=C/PC)sc(=O)n1C. The van der Waals surface area contributed by atoms with Gasteiger partial charge in [0.15, 0.2) is 0 Å². The number of hydrogen-bond donors (Lipinski definition) is 0. The molecule has 0 aliphatic rings. The van der Waals surface area contributed by atoms with Crippen LogP contribution in [-0.2, 0) is 7.05 Å². The van der Waals surface area contributed by atoms with Crippen molar-refractivity contribution in [2.24, 2.45) is 7.05 Å². The Balaban J connectivity index is 3.56. The number of hydrogen-bond acceptors (Lipinski definition) is 2. The maximum absolute atomic E-state index is 11.1. The largest absolute Gasteiger partial charge is 0.307 e. The Morgan fingerprint density at radius 1 is 1.73 bits per heavy atom. The van der Waals surface area contributed by atoms with E-state index in [4.69, 9.17) is 0 Å². The van der Waals surface area contributed by atoms with E-state index in [1.807, 2.05) is 0 Å². The van der Waals surface area contributed by atoms with Crippen LogP contribution in [0.4, 0.5) is 0 Å². The fourth-order valence-corrected chi connectivity index (χ4v) is 2.45. The quantitative estimate of drug-likeness (QED) is 0.563. The van der Waals surface area contributed by atoms with Crippen LogP contribution in [-0.4, -0.2) is 11.2 Å². The lowest BCUT2D eigenvalue weighted by atomic mass is 10.6. The summed E-state index contributed by atoms with van der Waals surface area (Å²) in [5.41, 5.74) is 0. The van der Waals surface area contributed by atoms with E-state index in [1.165, 1.54) is 11.3 Å². The van der Waals surface area contributed by atoms with Gasteiger partial charge in [0.1, 0.15) is 0 Å². The molecule has 0 saturated carbocycles. The van der Waals surface area contributed by atoms with Crippen LogP contribution in [0.15, 0.2) is 4.79 Å². The molecule has 60 valence electrons. The van der Waals surface area contributed by atoms with Crippen LogP contribution in [0.25, 0.3) is 12.4 Å². The third-order valence-corrected chi connectivity index (χ3v) is 3.24. The van der Waals surface area contributed by atoms with E-state index in [1.54, 1.807) is 11.6 Å². The second-order valence-electron chi connectivity index (χ2n) is 2.17. The molecule has 1 aromatic rings. The molecule has 0 N–H and O–H groups in total. The summed E-state index contributed by atoms with van der Waals surface area (Å²) in [6.45, 7) is 5.88. The minimum absolute atomic E-state index is 0.0690. The van der Waals surface area contributed by atoms with E-state index >= 15 is 0 Å². The summed E-state index contributed by atoms with van der Waals surface area (Å²) in [5, 5.41) is 0.828. The maximum atomic E-state index is 11.1. The Labute approximate surface area is 70.7 Å². The van der Waals surface area contributed by atoms with Gasteiger partial charge in [-0.05, 0) is 12.5 Å². The first kappa shape index (κ1) is 8.69. The number of thiazole rings is 1. The molecule has 0 radical (unpaired) electrons. The van der Waals surface area contributed by atoms with E-state index in [-0.39, 0.29) is 4.87 Å². The Hall–Kier alpha value is -0.400. The van der Waals surface area contributed by atoms with Crippen molar-refractivity contribution in [2.75, 3.05) is 6.66 Å². The molecule has 2 nitrogen and oxygen atoms in total. The third kappa shape index (κ3) is 1.60. The van der Waals surface area contributed by atoms with Crippen molar-refractivity contribution in [1.82, 2.24) is 4.57 Å². The molecule has 0 fully saturated rings. The van der Waals surface area contributed by atoms with E-state index in [0.717, 1.165) is 18.5 Å². The van der Waals surface area contributed by atoms with E-state index in [0.29, 0.717) is 0 Å². The number of aromatic nitrogens is 1. The smallest absolute Gasteiger partial charge is 0.302 e. The molecule has 1 heterocycles. The molecule has 0 bridgehead atoms. The fraction of sp³-hybridized carbons (Fsp3) is 0.286. The summed E-state index contributed by atoms with van der Waals surface area (Å²) in [5.74, 6) is 2.05. The average molecular weight is 187 g/mol. The van der Waals surface area contributed by atoms with Crippen LogP contribution < -0.4 is 14.8 Å². The van der Waals surface area contributed by atoms with Crippen LogP contribution in [0.3, 0.4) is 0 Å². The molecule has 0 aromatic carbocycles. The molecule has 1 atom stereocenters. The summed E-state index contributed by atoms with van der Waals surface area (Å²) in [6.07, 6.45) is 0. The molecule has 0 aliphatic heterocycles. The predicted molar refractivity (Wildman–Crippen MR) is 53.0 cm³/mol. The molecular weight excluding hydrogens is 177 g/mol. The van der Waals surface area contributed by atoms with Crippen molar-refractivity contribution in [3.63, 3.8) is 0 Å². The van der Waals surface area contributed by atoms with Gasteiger partial charge >= 0.3 is 4.87 Å². The molecular formula is C7H10NOPS. The van der Waals surface area contributed by atoms with Gasteiger partial charge in [0.2, 0.25) is 0 Å². The molecule has 1 aromatic heterocycles. The van der Waals surface area contributed by atoms with Gasteiger partial charge in [-0.25, -0.2) is 0 Å². The van der Waals surface area contributed by atoms with Crippen LogP contribution in [0, 0.1) is 0 Å². The Morgan fingerprint density at radius 2 is 2.36 bits per heavy atom. The van der Waals surface area contributed by atoms with Gasteiger partial charge < -0.3 is 4.57 Å². The van der Waals surface area contributed by atoms with Gasteiger partial charge in [-0.3, -0.25) is 4.79 Å². The average Bonchev–Trinajstić information content (AvgIpc) is 2.19. The molecule has 0 spiro atoms. The van der Waals surface area contributed by atoms with E-state index in [9.17, 15) is 4.79 Å². The second kappa shape index (κ2) is 3.33. The summed E-state index contributed by atoms with van der Waals surface area (Å²) < 4.78 is 2.59. The highest BCUT2D eigenvalue weighted by Gasteiger charge is 1.94. The first-order valence-electron chi connectivity index (χ1n) is 3.19. The highest BCUT2D eigenvalue weighted by atomic mass is 32.1. The first-order chi connectivity index (χ1) is 5.16. The highest BCUT2D eigenvalue weighted by Crippen LogP contribution is 2.00. The van der Waals surface area contributed by atoms with E-state index in [2.05, 4.69) is 19.1 Å². The topological polar surface area (TPSA) is 22.0 Å². The summed E-state index contributed by atoms with van der Waals surface area (Å²) >= 11 is 1.26. The molecule has 4 heteroatoms. The summed E-state index contributed by atoms with van der Waals surface area (Å²) in [6, 6.07) is 0. The second-order valence-corrected chi connectivity index (χ2v) is 4.03. The zero-order valence-corrected chi connectivity index (χ0v) is 8.36. The Morgan fingerprint density at radius 3 is 2.73 bits per heavy atom. The lowest BCUT2D eigenvalue weighted by Crippen LogP contribution is -2.27. The first-order valence-corrected chi connectivity index (χ1v) is 5.58. The van der Waals surface area contributed by atoms with Crippen molar-refractivity contribution < 1.29 is 0 Å². The van der Waals surface area contributed by atoms with Crippen LogP contribution in [0.1, 0.15) is 0 Å². The predicted octanol–water partition coefficient (Wildman–Crippen LogP) is -0.0966. The normalized spacial score (nSPS) is 13.5. The van der Waals surface area contributed by atoms with Gasteiger partial charge in [-0.15, -0.1) is 0 Å². The van der Waals surface area contributed by atoms with Crippen molar-refractivity contribution in [3.05, 3.63) is 19.5 Å². The minimum Gasteiger partial charge on any atom is -0.302 e. The van der Waals surface area contributed by atoms with Gasteiger partial charge in [-0.1, -0.05) is 26.5 Å². The van der Waals surface area contributed by atoms with E-state index < -0.39 is 0 Å².